The molecule has 0 saturated carbocycles. The molecular formula is C16H12F5N5O2. The number of furan rings is 1. The number of alkyl halides is 3. The van der Waals surface area contributed by atoms with Gasteiger partial charge < -0.3 is 20.8 Å². The molecule has 0 radical (unpaired) electrons. The second kappa shape index (κ2) is 6.94. The molecule has 0 spiro atoms. The lowest BCUT2D eigenvalue weighted by atomic mass is 10.1. The number of nitrogens with one attached hydrogen (secondary N) is 2. The summed E-state index contributed by atoms with van der Waals surface area (Å²) in [4.78, 5) is 19.2. The van der Waals surface area contributed by atoms with Gasteiger partial charge in [0.25, 0.3) is 0 Å². The standard InChI is InChI=1S/C16H12F5N5O2/c1-6-10-8(17)2-3-9(18)12(10)28-11(6)13(16(19,20)21)26-15(27)25-7-4-23-14(22)24-5-7/h2-5,13H,1H3,(H2,22,23,24)(H2,25,26,27)/t13-/m0/s1. The maximum Gasteiger partial charge on any atom is 0.416 e. The van der Waals surface area contributed by atoms with Crippen molar-refractivity contribution >= 4 is 28.6 Å². The molecule has 2 aromatic heterocycles. The SMILES string of the molecule is Cc1c([C@H](NC(=O)Nc2cnc(N)nc2)C(F)(F)F)oc2c(F)ccc(F)c12. The molecule has 0 bridgehead atoms. The van der Waals surface area contributed by atoms with Gasteiger partial charge in [-0.2, -0.15) is 13.2 Å². The number of hydrogen-bond donors (Lipinski definition) is 3. The zero-order valence-corrected chi connectivity index (χ0v) is 14.1. The number of urea groups is 1. The minimum atomic E-state index is -5.01. The third-order valence-corrected chi connectivity index (χ3v) is 3.81. The van der Waals surface area contributed by atoms with Gasteiger partial charge in [-0.05, 0) is 19.1 Å². The van der Waals surface area contributed by atoms with Crippen molar-refractivity contribution in [3.05, 3.63) is 47.5 Å². The number of carbonyl (C=O) groups is 1. The minimum Gasteiger partial charge on any atom is -0.455 e. The lowest BCUT2D eigenvalue weighted by Crippen LogP contribution is -2.40. The lowest BCUT2D eigenvalue weighted by molar-refractivity contribution is -0.158. The first kappa shape index (κ1) is 19.3. The van der Waals surface area contributed by atoms with Crippen LogP contribution in [0.3, 0.4) is 0 Å². The van der Waals surface area contributed by atoms with E-state index in [2.05, 4.69) is 15.3 Å². The number of hydrogen-bond acceptors (Lipinski definition) is 5. The summed E-state index contributed by atoms with van der Waals surface area (Å²) in [5.41, 5.74) is 4.30. The van der Waals surface area contributed by atoms with E-state index in [-0.39, 0.29) is 17.2 Å². The van der Waals surface area contributed by atoms with Gasteiger partial charge in [0, 0.05) is 5.56 Å². The van der Waals surface area contributed by atoms with Crippen LogP contribution in [0, 0.1) is 18.6 Å². The van der Waals surface area contributed by atoms with Crippen LogP contribution < -0.4 is 16.4 Å². The molecule has 2 amide bonds. The smallest absolute Gasteiger partial charge is 0.416 e. The maximum absolute atomic E-state index is 14.0. The molecule has 0 saturated heterocycles. The highest BCUT2D eigenvalue weighted by atomic mass is 19.4. The third kappa shape index (κ3) is 3.66. The first-order valence-corrected chi connectivity index (χ1v) is 7.66. The van der Waals surface area contributed by atoms with Crippen molar-refractivity contribution in [2.75, 3.05) is 11.1 Å². The van der Waals surface area contributed by atoms with Crippen LogP contribution in [0.25, 0.3) is 11.0 Å². The van der Waals surface area contributed by atoms with Crippen LogP contribution in [-0.4, -0.2) is 22.2 Å². The Morgan fingerprint density at radius 2 is 1.79 bits per heavy atom. The lowest BCUT2D eigenvalue weighted by Gasteiger charge is -2.20. The van der Waals surface area contributed by atoms with E-state index in [0.29, 0.717) is 0 Å². The van der Waals surface area contributed by atoms with Crippen molar-refractivity contribution in [1.82, 2.24) is 15.3 Å². The number of anilines is 2. The van der Waals surface area contributed by atoms with E-state index in [9.17, 15) is 26.7 Å². The van der Waals surface area contributed by atoms with Crippen molar-refractivity contribution < 1.29 is 31.2 Å². The van der Waals surface area contributed by atoms with Gasteiger partial charge in [0.1, 0.15) is 11.6 Å². The molecule has 0 aliphatic rings. The molecule has 148 valence electrons. The summed E-state index contributed by atoms with van der Waals surface area (Å²) >= 11 is 0. The van der Waals surface area contributed by atoms with Gasteiger partial charge in [-0.1, -0.05) is 0 Å². The molecule has 0 fully saturated rings. The Morgan fingerprint density at radius 1 is 1.18 bits per heavy atom. The molecular weight excluding hydrogens is 389 g/mol. The molecule has 0 aliphatic heterocycles. The number of nitrogen functional groups attached to an aromatic ring is 1. The van der Waals surface area contributed by atoms with Crippen molar-refractivity contribution in [3.63, 3.8) is 0 Å². The van der Waals surface area contributed by atoms with Gasteiger partial charge >= 0.3 is 12.2 Å². The highest BCUT2D eigenvalue weighted by Crippen LogP contribution is 2.39. The highest BCUT2D eigenvalue weighted by Gasteiger charge is 2.45. The summed E-state index contributed by atoms with van der Waals surface area (Å²) in [7, 11) is 0. The average molecular weight is 401 g/mol. The number of nitrogens with zero attached hydrogens (tertiary/aromatic N) is 2. The van der Waals surface area contributed by atoms with Crippen LogP contribution in [0.15, 0.2) is 28.9 Å². The second-order valence-electron chi connectivity index (χ2n) is 5.73. The van der Waals surface area contributed by atoms with E-state index in [4.69, 9.17) is 10.2 Å². The van der Waals surface area contributed by atoms with Gasteiger partial charge in [0.15, 0.2) is 17.4 Å². The van der Waals surface area contributed by atoms with Crippen LogP contribution >= 0.6 is 0 Å². The molecule has 0 unspecified atom stereocenters. The van der Waals surface area contributed by atoms with Crippen LogP contribution in [-0.2, 0) is 0 Å². The van der Waals surface area contributed by atoms with Crippen molar-refractivity contribution in [2.45, 2.75) is 19.1 Å². The van der Waals surface area contributed by atoms with Gasteiger partial charge in [0.2, 0.25) is 5.95 Å². The number of rotatable bonds is 3. The third-order valence-electron chi connectivity index (χ3n) is 3.81. The maximum atomic E-state index is 14.0. The van der Waals surface area contributed by atoms with E-state index < -0.39 is 46.6 Å². The molecule has 3 aromatic rings. The quantitative estimate of drug-likeness (QED) is 0.579. The summed E-state index contributed by atoms with van der Waals surface area (Å²) in [6.07, 6.45) is -2.84. The molecule has 2 heterocycles. The molecule has 1 aromatic carbocycles. The van der Waals surface area contributed by atoms with E-state index >= 15 is 0 Å². The van der Waals surface area contributed by atoms with Crippen molar-refractivity contribution in [2.24, 2.45) is 0 Å². The molecule has 12 heteroatoms. The molecule has 1 atom stereocenters. The van der Waals surface area contributed by atoms with Gasteiger partial charge in [-0.25, -0.2) is 23.5 Å². The monoisotopic (exact) mass is 401 g/mol. The number of aryl methyl sites for hydroxylation is 1. The zero-order chi connectivity index (χ0) is 20.6. The fourth-order valence-electron chi connectivity index (χ4n) is 2.56. The molecule has 7 nitrogen and oxygen atoms in total. The van der Waals surface area contributed by atoms with Gasteiger partial charge in [-0.3, -0.25) is 0 Å². The molecule has 0 aliphatic carbocycles. The van der Waals surface area contributed by atoms with Crippen LogP contribution in [0.2, 0.25) is 0 Å². The van der Waals surface area contributed by atoms with Crippen molar-refractivity contribution in [3.8, 4) is 0 Å². The Morgan fingerprint density at radius 3 is 2.36 bits per heavy atom. The molecule has 28 heavy (non-hydrogen) atoms. The summed E-state index contributed by atoms with van der Waals surface area (Å²) < 4.78 is 73.3. The first-order valence-electron chi connectivity index (χ1n) is 7.66. The zero-order valence-electron chi connectivity index (χ0n) is 14.1. The Balaban J connectivity index is 1.95. The first-order chi connectivity index (χ1) is 13.1. The summed E-state index contributed by atoms with van der Waals surface area (Å²) in [6.45, 7) is 1.13. The number of fused-ring (bicyclic) bond motifs is 1. The largest absolute Gasteiger partial charge is 0.455 e. The predicted molar refractivity (Wildman–Crippen MR) is 88.3 cm³/mol. The van der Waals surface area contributed by atoms with Crippen LogP contribution in [0.4, 0.5) is 38.4 Å². The van der Waals surface area contributed by atoms with Crippen LogP contribution in [0.1, 0.15) is 17.4 Å². The van der Waals surface area contributed by atoms with Gasteiger partial charge in [0.05, 0.1) is 23.5 Å². The Labute approximate surface area is 153 Å². The molecule has 3 rings (SSSR count). The van der Waals surface area contributed by atoms with E-state index in [0.717, 1.165) is 31.5 Å². The normalized spacial score (nSPS) is 12.8. The fraction of sp³-hybridized carbons (Fsp3) is 0.188. The summed E-state index contributed by atoms with van der Waals surface area (Å²) in [5, 5.41) is 3.34. The summed E-state index contributed by atoms with van der Waals surface area (Å²) in [5.74, 6) is -2.92. The van der Waals surface area contributed by atoms with Crippen molar-refractivity contribution in [1.29, 1.82) is 0 Å². The Bertz CT molecular complexity index is 1030. The Kier molecular flexibility index (Phi) is 4.79. The highest BCUT2D eigenvalue weighted by molar-refractivity contribution is 5.89. The number of carbonyl (C=O) groups excluding carboxylic acids is 1. The number of halogens is 5. The predicted octanol–water partition coefficient (Wildman–Crippen LogP) is 3.82. The number of benzene rings is 1. The number of amides is 2. The summed E-state index contributed by atoms with van der Waals surface area (Å²) in [6, 6.07) is -2.42. The van der Waals surface area contributed by atoms with E-state index in [1.807, 2.05) is 0 Å². The minimum absolute atomic E-state index is 0.0222. The van der Waals surface area contributed by atoms with Gasteiger partial charge in [-0.15, -0.1) is 0 Å². The number of nitrogens with two attached hydrogens (primary N) is 1. The Hall–Kier alpha value is -3.44. The fourth-order valence-corrected chi connectivity index (χ4v) is 2.56. The molecule has 4 N–H and O–H groups in total. The van der Waals surface area contributed by atoms with E-state index in [1.165, 1.54) is 0 Å². The number of aromatic nitrogens is 2. The average Bonchev–Trinajstić information content (AvgIpc) is 2.95. The van der Waals surface area contributed by atoms with Crippen LogP contribution in [0.5, 0.6) is 0 Å². The second-order valence-corrected chi connectivity index (χ2v) is 5.73. The van der Waals surface area contributed by atoms with E-state index in [1.54, 1.807) is 5.32 Å². The topological polar surface area (TPSA) is 106 Å².